The minimum Gasteiger partial charge on any atom is -0.477 e. The lowest BCUT2D eigenvalue weighted by atomic mass is 10.0. The topological polar surface area (TPSA) is 82.3 Å². The summed E-state index contributed by atoms with van der Waals surface area (Å²) in [5.41, 5.74) is 2.46. The second-order valence-corrected chi connectivity index (χ2v) is 4.61. The van der Waals surface area contributed by atoms with E-state index in [0.717, 1.165) is 11.1 Å². The number of carbonyl (C=O) groups excluding carboxylic acids is 1. The zero-order valence-electron chi connectivity index (χ0n) is 11.7. The highest BCUT2D eigenvalue weighted by atomic mass is 16.6. The Hall–Kier alpha value is -2.76. The highest BCUT2D eigenvalue weighted by Crippen LogP contribution is 2.23. The second kappa shape index (κ2) is 6.13. The van der Waals surface area contributed by atoms with E-state index in [9.17, 15) is 14.9 Å². The molecule has 0 aliphatic heterocycles. The van der Waals surface area contributed by atoms with Gasteiger partial charge < -0.3 is 14.9 Å². The van der Waals surface area contributed by atoms with Crippen LogP contribution in [0.2, 0.25) is 0 Å². The Morgan fingerprint density at radius 2 is 2.10 bits per heavy atom. The van der Waals surface area contributed by atoms with Gasteiger partial charge in [0.2, 0.25) is 5.75 Å². The number of carbonyl (C=O) groups is 1. The van der Waals surface area contributed by atoms with Gasteiger partial charge in [0.15, 0.2) is 12.4 Å². The monoisotopic (exact) mass is 286 g/mol. The number of nitrogens with zero attached hydrogens (tertiary/aromatic N) is 2. The van der Waals surface area contributed by atoms with Crippen molar-refractivity contribution in [1.82, 2.24) is 4.98 Å². The van der Waals surface area contributed by atoms with E-state index in [4.69, 9.17) is 4.74 Å². The van der Waals surface area contributed by atoms with E-state index in [1.807, 2.05) is 26.0 Å². The average molecular weight is 286 g/mol. The summed E-state index contributed by atoms with van der Waals surface area (Å²) in [4.78, 5) is 25.9. The first-order valence-electron chi connectivity index (χ1n) is 6.31. The molecule has 0 saturated heterocycles. The minimum absolute atomic E-state index is 0.0133. The zero-order valence-corrected chi connectivity index (χ0v) is 11.7. The normalized spacial score (nSPS) is 10.2. The molecule has 0 aliphatic rings. The van der Waals surface area contributed by atoms with Crippen LogP contribution in [0.25, 0.3) is 0 Å². The number of aryl methyl sites for hydroxylation is 2. The van der Waals surface area contributed by atoms with E-state index in [1.54, 1.807) is 6.07 Å². The number of rotatable bonds is 5. The molecule has 2 aromatic rings. The third kappa shape index (κ3) is 3.42. The van der Waals surface area contributed by atoms with Crippen molar-refractivity contribution < 1.29 is 14.5 Å². The van der Waals surface area contributed by atoms with Gasteiger partial charge in [0, 0.05) is 5.56 Å². The molecule has 1 aromatic carbocycles. The number of ether oxygens (including phenoxy) is 1. The summed E-state index contributed by atoms with van der Waals surface area (Å²) in [5.74, 6) is -0.641. The maximum Gasteiger partial charge on any atom is 0.406 e. The summed E-state index contributed by atoms with van der Waals surface area (Å²) in [6.07, 6.45) is 1.30. The zero-order chi connectivity index (χ0) is 15.4. The standard InChI is InChI=1S/C15H14N2O4/c1-10-5-6-12(11(2)8-10)13(18)9-21-14-4-3-7-16-15(14)17(19)20/h3-8H,9H2,1-2H3. The van der Waals surface area contributed by atoms with Crippen molar-refractivity contribution in [3.05, 3.63) is 63.3 Å². The van der Waals surface area contributed by atoms with E-state index < -0.39 is 10.7 Å². The average Bonchev–Trinajstić information content (AvgIpc) is 2.45. The molecule has 0 amide bonds. The van der Waals surface area contributed by atoms with Gasteiger partial charge in [0.05, 0.1) is 0 Å². The van der Waals surface area contributed by atoms with Crippen LogP contribution in [0.5, 0.6) is 5.75 Å². The van der Waals surface area contributed by atoms with Gasteiger partial charge in [-0.25, -0.2) is 0 Å². The van der Waals surface area contributed by atoms with E-state index in [-0.39, 0.29) is 18.1 Å². The largest absolute Gasteiger partial charge is 0.477 e. The van der Waals surface area contributed by atoms with Gasteiger partial charge in [0.25, 0.3) is 0 Å². The molecule has 2 rings (SSSR count). The van der Waals surface area contributed by atoms with Crippen molar-refractivity contribution >= 4 is 11.6 Å². The SMILES string of the molecule is Cc1ccc(C(=O)COc2cccnc2[N+](=O)[O-])c(C)c1. The van der Waals surface area contributed by atoms with Crippen molar-refractivity contribution in [3.63, 3.8) is 0 Å². The Morgan fingerprint density at radius 1 is 1.33 bits per heavy atom. The summed E-state index contributed by atoms with van der Waals surface area (Å²) in [7, 11) is 0. The Labute approximate surface area is 121 Å². The van der Waals surface area contributed by atoms with Gasteiger partial charge in [-0.3, -0.25) is 4.79 Å². The Balaban J connectivity index is 2.13. The smallest absolute Gasteiger partial charge is 0.406 e. The number of nitro groups is 1. The summed E-state index contributed by atoms with van der Waals surface area (Å²) >= 11 is 0. The molecule has 0 radical (unpaired) electrons. The molecule has 0 aliphatic carbocycles. The molecule has 108 valence electrons. The minimum atomic E-state index is -0.642. The summed E-state index contributed by atoms with van der Waals surface area (Å²) in [5, 5.41) is 10.8. The van der Waals surface area contributed by atoms with Gasteiger partial charge in [-0.05, 0) is 41.5 Å². The van der Waals surface area contributed by atoms with E-state index >= 15 is 0 Å². The van der Waals surface area contributed by atoms with Gasteiger partial charge in [-0.1, -0.05) is 23.8 Å². The fraction of sp³-hybridized carbons (Fsp3) is 0.200. The molecule has 6 heteroatoms. The van der Waals surface area contributed by atoms with Crippen molar-refractivity contribution in [2.24, 2.45) is 0 Å². The molecule has 6 nitrogen and oxygen atoms in total. The van der Waals surface area contributed by atoms with Gasteiger partial charge in [-0.15, -0.1) is 0 Å². The Kier molecular flexibility index (Phi) is 4.27. The molecule has 1 aromatic heterocycles. The predicted octanol–water partition coefficient (Wildman–Crippen LogP) is 2.87. The number of pyridine rings is 1. The number of ketones is 1. The molecule has 0 atom stereocenters. The molecule has 21 heavy (non-hydrogen) atoms. The first-order valence-corrected chi connectivity index (χ1v) is 6.31. The first kappa shape index (κ1) is 14.6. The number of hydrogen-bond acceptors (Lipinski definition) is 5. The van der Waals surface area contributed by atoms with E-state index in [0.29, 0.717) is 5.56 Å². The number of aromatic nitrogens is 1. The van der Waals surface area contributed by atoms with Crippen LogP contribution in [0.15, 0.2) is 36.5 Å². The van der Waals surface area contributed by atoms with Gasteiger partial charge in [-0.2, -0.15) is 0 Å². The van der Waals surface area contributed by atoms with Crippen LogP contribution in [0.1, 0.15) is 21.5 Å². The van der Waals surface area contributed by atoms with Crippen LogP contribution in [-0.4, -0.2) is 22.3 Å². The van der Waals surface area contributed by atoms with Crippen molar-refractivity contribution in [1.29, 1.82) is 0 Å². The second-order valence-electron chi connectivity index (χ2n) is 4.61. The lowest BCUT2D eigenvalue weighted by Gasteiger charge is -2.08. The molecule has 1 heterocycles. The number of benzene rings is 1. The van der Waals surface area contributed by atoms with E-state index in [2.05, 4.69) is 4.98 Å². The third-order valence-corrected chi connectivity index (χ3v) is 2.96. The maximum atomic E-state index is 12.1. The molecule has 0 fully saturated rings. The molecule has 0 bridgehead atoms. The van der Waals surface area contributed by atoms with Crippen LogP contribution >= 0.6 is 0 Å². The predicted molar refractivity (Wildman–Crippen MR) is 76.6 cm³/mol. The molecule has 0 saturated carbocycles. The highest BCUT2D eigenvalue weighted by molar-refractivity contribution is 5.98. The van der Waals surface area contributed by atoms with Gasteiger partial charge in [0.1, 0.15) is 6.20 Å². The lowest BCUT2D eigenvalue weighted by molar-refractivity contribution is -0.390. The van der Waals surface area contributed by atoms with Crippen LogP contribution < -0.4 is 4.74 Å². The Bertz CT molecular complexity index is 698. The van der Waals surface area contributed by atoms with Crippen LogP contribution in [0, 0.1) is 24.0 Å². The van der Waals surface area contributed by atoms with Crippen LogP contribution in [0.3, 0.4) is 0 Å². The molecule has 0 N–H and O–H groups in total. The van der Waals surface area contributed by atoms with Crippen molar-refractivity contribution in [2.75, 3.05) is 6.61 Å². The first-order chi connectivity index (χ1) is 9.99. The molecular formula is C15H14N2O4. The van der Waals surface area contributed by atoms with Crippen molar-refractivity contribution in [2.45, 2.75) is 13.8 Å². The molecular weight excluding hydrogens is 272 g/mol. The summed E-state index contributed by atoms with van der Waals surface area (Å²) in [6, 6.07) is 8.41. The Morgan fingerprint density at radius 3 is 2.76 bits per heavy atom. The fourth-order valence-electron chi connectivity index (χ4n) is 1.98. The summed E-state index contributed by atoms with van der Waals surface area (Å²) < 4.78 is 5.25. The maximum absolute atomic E-state index is 12.1. The van der Waals surface area contributed by atoms with Gasteiger partial charge >= 0.3 is 5.82 Å². The number of hydrogen-bond donors (Lipinski definition) is 0. The van der Waals surface area contributed by atoms with Crippen LogP contribution in [0.4, 0.5) is 5.82 Å². The summed E-state index contributed by atoms with van der Waals surface area (Å²) in [6.45, 7) is 3.51. The molecule has 0 spiro atoms. The highest BCUT2D eigenvalue weighted by Gasteiger charge is 2.17. The van der Waals surface area contributed by atoms with Crippen molar-refractivity contribution in [3.8, 4) is 5.75 Å². The quantitative estimate of drug-likeness (QED) is 0.479. The van der Waals surface area contributed by atoms with E-state index in [1.165, 1.54) is 18.3 Å². The number of Topliss-reactive ketones (excluding diaryl/α,β-unsaturated/α-hetero) is 1. The third-order valence-electron chi connectivity index (χ3n) is 2.96. The lowest BCUT2D eigenvalue weighted by Crippen LogP contribution is -2.14. The van der Waals surface area contributed by atoms with Crippen LogP contribution in [-0.2, 0) is 0 Å². The fourth-order valence-corrected chi connectivity index (χ4v) is 1.98. The molecule has 0 unspecified atom stereocenters.